The molecule has 7 rings (SSSR count). The van der Waals surface area contributed by atoms with E-state index in [9.17, 15) is 9.59 Å². The third kappa shape index (κ3) is 5.24. The monoisotopic (exact) mass is 633 g/mol. The molecule has 1 amide bonds. The number of rotatable bonds is 7. The molecule has 2 fully saturated rings. The lowest BCUT2D eigenvalue weighted by molar-refractivity contribution is -0.113. The van der Waals surface area contributed by atoms with Gasteiger partial charge in [0.25, 0.3) is 5.91 Å². The number of hydrogen-bond acceptors (Lipinski definition) is 4. The molecule has 8 heteroatoms. The van der Waals surface area contributed by atoms with E-state index in [-0.39, 0.29) is 11.7 Å². The Labute approximate surface area is 274 Å². The maximum absolute atomic E-state index is 14.0. The Kier molecular flexibility index (Phi) is 7.84. The molecule has 46 heavy (non-hydrogen) atoms. The number of amides is 1. The van der Waals surface area contributed by atoms with Crippen LogP contribution in [0.25, 0.3) is 39.4 Å². The normalized spacial score (nSPS) is 16.9. The molecule has 3 heterocycles. The Hall–Kier alpha value is -4.23. The zero-order valence-electron chi connectivity index (χ0n) is 27.0. The van der Waals surface area contributed by atoms with Gasteiger partial charge in [0.05, 0.1) is 33.0 Å². The lowest BCUT2D eigenvalue weighted by atomic mass is 9.75. The van der Waals surface area contributed by atoms with Gasteiger partial charge >= 0.3 is 0 Å². The summed E-state index contributed by atoms with van der Waals surface area (Å²) >= 11 is 6.21. The van der Waals surface area contributed by atoms with Crippen LogP contribution in [0.4, 0.5) is 0 Å². The molecule has 5 aromatic rings. The second-order valence-corrected chi connectivity index (χ2v) is 13.7. The number of Topliss-reactive ketones (excluding diaryl/α,β-unsaturated/α-hetero) is 1. The summed E-state index contributed by atoms with van der Waals surface area (Å²) in [6.07, 6.45) is 12.3. The fraction of sp³-hybridized carbons (Fsp3) is 0.368. The number of nitrogens with zero attached hydrogens (tertiary/aromatic N) is 4. The number of ketones is 1. The van der Waals surface area contributed by atoms with Crippen LogP contribution >= 0.6 is 11.6 Å². The first-order chi connectivity index (χ1) is 22.1. The minimum atomic E-state index is -0.535. The molecular formula is C38H40ClN5O2. The summed E-state index contributed by atoms with van der Waals surface area (Å²) in [5.74, 6) is 0.826. The number of imidazole rings is 1. The Morgan fingerprint density at radius 2 is 1.76 bits per heavy atom. The van der Waals surface area contributed by atoms with Crippen LogP contribution in [0.3, 0.4) is 0 Å². The van der Waals surface area contributed by atoms with Gasteiger partial charge in [0.2, 0.25) is 0 Å². The highest BCUT2D eigenvalue weighted by atomic mass is 35.5. The summed E-state index contributed by atoms with van der Waals surface area (Å²) in [7, 11) is 2.01. The van der Waals surface area contributed by atoms with Crippen molar-refractivity contribution in [1.29, 1.82) is 0 Å². The molecule has 2 aromatic carbocycles. The van der Waals surface area contributed by atoms with Gasteiger partial charge in [0, 0.05) is 35.8 Å². The van der Waals surface area contributed by atoms with Crippen molar-refractivity contribution in [3.63, 3.8) is 0 Å². The molecule has 0 aliphatic heterocycles. The van der Waals surface area contributed by atoms with E-state index in [0.29, 0.717) is 22.2 Å². The Morgan fingerprint density at radius 3 is 2.43 bits per heavy atom. The third-order valence-electron chi connectivity index (χ3n) is 10.3. The van der Waals surface area contributed by atoms with Gasteiger partial charge in [-0.1, -0.05) is 36.9 Å². The largest absolute Gasteiger partial charge is 0.339 e. The van der Waals surface area contributed by atoms with Crippen molar-refractivity contribution in [1.82, 2.24) is 24.4 Å². The van der Waals surface area contributed by atoms with Crippen LogP contribution in [0.1, 0.15) is 98.6 Å². The molecule has 0 unspecified atom stereocenters. The standard InChI is InChI=1S/C38H40ClN5O2/c1-23(25(3)45)19-26-11-14-31-34(20-26)43(4)37(41-31)38(17-8-18-38)42-36(46)27-12-16-33-30(21-27)24(2)35(32-15-13-28(39)22-40-32)44(33)29-9-6-5-7-10-29/h11-16,19-22,29H,5-10,17-18H2,1-4H3,(H,42,46)/b23-19+. The molecule has 7 nitrogen and oxygen atoms in total. The maximum Gasteiger partial charge on any atom is 0.252 e. The third-order valence-corrected chi connectivity index (χ3v) is 10.5. The maximum atomic E-state index is 14.0. The summed E-state index contributed by atoms with van der Waals surface area (Å²) in [6, 6.07) is 16.5. The minimum absolute atomic E-state index is 0.0544. The molecule has 1 N–H and O–H groups in total. The number of hydrogen-bond donors (Lipinski definition) is 1. The number of nitrogens with one attached hydrogen (secondary N) is 1. The predicted octanol–water partition coefficient (Wildman–Crippen LogP) is 8.86. The van der Waals surface area contributed by atoms with Gasteiger partial charge in [-0.2, -0.15) is 0 Å². The fourth-order valence-corrected chi connectivity index (χ4v) is 7.58. The van der Waals surface area contributed by atoms with Crippen LogP contribution in [0.2, 0.25) is 5.02 Å². The van der Waals surface area contributed by atoms with Crippen molar-refractivity contribution >= 4 is 51.3 Å². The van der Waals surface area contributed by atoms with E-state index < -0.39 is 5.54 Å². The minimum Gasteiger partial charge on any atom is -0.339 e. The van der Waals surface area contributed by atoms with Crippen molar-refractivity contribution in [2.75, 3.05) is 0 Å². The zero-order chi connectivity index (χ0) is 32.2. The van der Waals surface area contributed by atoms with E-state index >= 15 is 0 Å². The van der Waals surface area contributed by atoms with Crippen LogP contribution in [0, 0.1) is 6.92 Å². The Bertz CT molecular complexity index is 2020. The number of benzene rings is 2. The highest BCUT2D eigenvalue weighted by Crippen LogP contribution is 2.43. The average Bonchev–Trinajstić information content (AvgIpc) is 3.52. The van der Waals surface area contributed by atoms with Crippen molar-refractivity contribution in [2.45, 2.75) is 83.7 Å². The van der Waals surface area contributed by atoms with Crippen LogP contribution in [0.15, 0.2) is 60.3 Å². The fourth-order valence-electron chi connectivity index (χ4n) is 7.47. The van der Waals surface area contributed by atoms with E-state index in [1.807, 2.05) is 50.4 Å². The molecule has 0 bridgehead atoms. The number of allylic oxidation sites excluding steroid dienone is 1. The molecular weight excluding hydrogens is 594 g/mol. The molecule has 0 saturated heterocycles. The average molecular weight is 634 g/mol. The van der Waals surface area contributed by atoms with E-state index in [2.05, 4.69) is 39.6 Å². The SMILES string of the molecule is CC(=O)/C(C)=C/c1ccc2nc(C3(NC(=O)c4ccc5c(c4)c(C)c(-c4ccc(Cl)cn4)n5C4CCCCC4)CCC3)n(C)c2c1. The highest BCUT2D eigenvalue weighted by molar-refractivity contribution is 6.30. The lowest BCUT2D eigenvalue weighted by Gasteiger charge is -2.41. The highest BCUT2D eigenvalue weighted by Gasteiger charge is 2.44. The Morgan fingerprint density at radius 1 is 0.978 bits per heavy atom. The summed E-state index contributed by atoms with van der Waals surface area (Å²) in [5, 5.41) is 5.12. The van der Waals surface area contributed by atoms with E-state index in [4.69, 9.17) is 21.6 Å². The lowest BCUT2D eigenvalue weighted by Crippen LogP contribution is -2.52. The smallest absolute Gasteiger partial charge is 0.252 e. The Balaban J connectivity index is 1.24. The number of aryl methyl sites for hydroxylation is 2. The first-order valence-electron chi connectivity index (χ1n) is 16.4. The number of pyridine rings is 1. The van der Waals surface area contributed by atoms with E-state index in [1.165, 1.54) is 19.3 Å². The van der Waals surface area contributed by atoms with Gasteiger partial charge in [-0.15, -0.1) is 0 Å². The first kappa shape index (κ1) is 30.4. The van der Waals surface area contributed by atoms with Crippen molar-refractivity contribution < 1.29 is 9.59 Å². The molecule has 0 atom stereocenters. The van der Waals surface area contributed by atoms with Crippen molar-refractivity contribution in [2.24, 2.45) is 7.05 Å². The number of carbonyl (C=O) groups excluding carboxylic acids is 2. The first-order valence-corrected chi connectivity index (χ1v) is 16.8. The quantitative estimate of drug-likeness (QED) is 0.182. The molecule has 2 aliphatic rings. The van der Waals surface area contributed by atoms with Crippen LogP contribution in [-0.2, 0) is 17.4 Å². The molecule has 0 spiro atoms. The van der Waals surface area contributed by atoms with Gasteiger partial charge in [0.1, 0.15) is 5.82 Å². The van der Waals surface area contributed by atoms with E-state index in [1.54, 1.807) is 13.1 Å². The van der Waals surface area contributed by atoms with Gasteiger partial charge in [-0.05, 0) is 118 Å². The van der Waals surface area contributed by atoms with Gasteiger partial charge < -0.3 is 14.5 Å². The summed E-state index contributed by atoms with van der Waals surface area (Å²) in [6.45, 7) is 5.55. The number of halogens is 1. The van der Waals surface area contributed by atoms with Crippen molar-refractivity contribution in [3.05, 3.63) is 87.8 Å². The second-order valence-electron chi connectivity index (χ2n) is 13.2. The molecule has 3 aromatic heterocycles. The second kappa shape index (κ2) is 11.8. The number of aromatic nitrogens is 4. The van der Waals surface area contributed by atoms with E-state index in [0.717, 1.165) is 82.4 Å². The van der Waals surface area contributed by atoms with Crippen LogP contribution in [-0.4, -0.2) is 30.8 Å². The zero-order valence-corrected chi connectivity index (χ0v) is 27.7. The summed E-state index contributed by atoms with van der Waals surface area (Å²) < 4.78 is 4.56. The van der Waals surface area contributed by atoms with Crippen LogP contribution in [0.5, 0.6) is 0 Å². The molecule has 0 radical (unpaired) electrons. The van der Waals surface area contributed by atoms with Crippen molar-refractivity contribution in [3.8, 4) is 11.4 Å². The molecule has 236 valence electrons. The topological polar surface area (TPSA) is 81.8 Å². The summed E-state index contributed by atoms with van der Waals surface area (Å²) in [5.41, 5.74) is 7.91. The molecule has 2 aliphatic carbocycles. The number of carbonyl (C=O) groups is 2. The molecule has 2 saturated carbocycles. The van der Waals surface area contributed by atoms with Gasteiger partial charge in [0.15, 0.2) is 5.78 Å². The van der Waals surface area contributed by atoms with Crippen LogP contribution < -0.4 is 5.32 Å². The number of fused-ring (bicyclic) bond motifs is 2. The summed E-state index contributed by atoms with van der Waals surface area (Å²) in [4.78, 5) is 35.6. The van der Waals surface area contributed by atoms with Gasteiger partial charge in [-0.3, -0.25) is 14.6 Å². The van der Waals surface area contributed by atoms with Gasteiger partial charge in [-0.25, -0.2) is 4.98 Å². The predicted molar refractivity (Wildman–Crippen MR) is 185 cm³/mol.